The molecule has 0 bridgehead atoms. The van der Waals surface area contributed by atoms with Gasteiger partial charge in [0, 0.05) is 11.6 Å². The summed E-state index contributed by atoms with van der Waals surface area (Å²) in [6.45, 7) is 5.44. The Morgan fingerprint density at radius 2 is 2.21 bits per heavy atom. The summed E-state index contributed by atoms with van der Waals surface area (Å²) < 4.78 is 5.40. The molecular formula is C12H17NO. The van der Waals surface area contributed by atoms with Gasteiger partial charge in [-0.2, -0.15) is 0 Å². The predicted octanol–water partition coefficient (Wildman–Crippen LogP) is 2.21. The van der Waals surface area contributed by atoms with E-state index in [1.807, 2.05) is 0 Å². The molecule has 1 unspecified atom stereocenters. The third-order valence-corrected chi connectivity index (χ3v) is 3.03. The molecule has 0 saturated heterocycles. The van der Waals surface area contributed by atoms with Crippen LogP contribution in [0.4, 0.5) is 0 Å². The quantitative estimate of drug-likeness (QED) is 0.735. The summed E-state index contributed by atoms with van der Waals surface area (Å²) in [6, 6.07) is 4.63. The van der Waals surface area contributed by atoms with Gasteiger partial charge in [0.1, 0.15) is 5.75 Å². The number of hydrogen-bond donors (Lipinski definition) is 1. The van der Waals surface area contributed by atoms with Crippen LogP contribution in [0.15, 0.2) is 12.1 Å². The predicted molar refractivity (Wildman–Crippen MR) is 57.9 cm³/mol. The van der Waals surface area contributed by atoms with Gasteiger partial charge in [-0.1, -0.05) is 6.07 Å². The van der Waals surface area contributed by atoms with Gasteiger partial charge < -0.3 is 10.1 Å². The van der Waals surface area contributed by atoms with E-state index in [2.05, 4.69) is 31.3 Å². The molecule has 2 rings (SSSR count). The number of hydrogen-bond acceptors (Lipinski definition) is 2. The van der Waals surface area contributed by atoms with Crippen LogP contribution >= 0.6 is 0 Å². The number of rotatable bonds is 1. The second kappa shape index (κ2) is 3.62. The highest BCUT2D eigenvalue weighted by atomic mass is 16.5. The van der Waals surface area contributed by atoms with Crippen LogP contribution < -0.4 is 10.1 Å². The van der Waals surface area contributed by atoms with Crippen molar-refractivity contribution in [2.24, 2.45) is 0 Å². The summed E-state index contributed by atoms with van der Waals surface area (Å²) in [7, 11) is 1.74. The Morgan fingerprint density at radius 1 is 1.43 bits per heavy atom. The molecule has 1 atom stereocenters. The van der Waals surface area contributed by atoms with E-state index in [4.69, 9.17) is 4.74 Å². The maximum absolute atomic E-state index is 5.40. The summed E-state index contributed by atoms with van der Waals surface area (Å²) >= 11 is 0. The van der Waals surface area contributed by atoms with Crippen LogP contribution in [-0.2, 0) is 6.42 Å². The Morgan fingerprint density at radius 3 is 2.93 bits per heavy atom. The number of benzene rings is 1. The molecule has 2 heteroatoms. The first-order valence-corrected chi connectivity index (χ1v) is 5.13. The molecule has 0 aliphatic carbocycles. The molecule has 0 radical (unpaired) electrons. The van der Waals surface area contributed by atoms with Gasteiger partial charge in [-0.3, -0.25) is 0 Å². The zero-order chi connectivity index (χ0) is 10.1. The molecule has 1 aromatic carbocycles. The van der Waals surface area contributed by atoms with E-state index in [0.717, 1.165) is 18.7 Å². The Balaban J connectivity index is 2.58. The molecule has 1 aliphatic rings. The van der Waals surface area contributed by atoms with Crippen molar-refractivity contribution in [2.45, 2.75) is 26.3 Å². The third kappa shape index (κ3) is 1.40. The van der Waals surface area contributed by atoms with Crippen molar-refractivity contribution in [3.63, 3.8) is 0 Å². The van der Waals surface area contributed by atoms with E-state index in [9.17, 15) is 0 Å². The van der Waals surface area contributed by atoms with Crippen molar-refractivity contribution >= 4 is 0 Å². The second-order valence-electron chi connectivity index (χ2n) is 3.90. The van der Waals surface area contributed by atoms with Gasteiger partial charge in [-0.15, -0.1) is 0 Å². The second-order valence-corrected chi connectivity index (χ2v) is 3.90. The lowest BCUT2D eigenvalue weighted by Gasteiger charge is -2.27. The Labute approximate surface area is 85.3 Å². The van der Waals surface area contributed by atoms with E-state index in [1.165, 1.54) is 16.7 Å². The third-order valence-electron chi connectivity index (χ3n) is 3.03. The van der Waals surface area contributed by atoms with Gasteiger partial charge in [0.25, 0.3) is 0 Å². The van der Waals surface area contributed by atoms with Gasteiger partial charge in [0.15, 0.2) is 0 Å². The SMILES string of the molecule is COc1ccc(C)c2c1C(C)NCC2. The molecule has 0 amide bonds. The molecule has 1 aliphatic heterocycles. The molecule has 0 spiro atoms. The van der Waals surface area contributed by atoms with Crippen LogP contribution in [0.3, 0.4) is 0 Å². The lowest BCUT2D eigenvalue weighted by atomic mass is 9.91. The summed E-state index contributed by atoms with van der Waals surface area (Å²) in [5, 5.41) is 3.46. The highest BCUT2D eigenvalue weighted by molar-refractivity contribution is 5.47. The minimum absolute atomic E-state index is 0.411. The number of methoxy groups -OCH3 is 1. The minimum Gasteiger partial charge on any atom is -0.496 e. The van der Waals surface area contributed by atoms with Crippen molar-refractivity contribution in [2.75, 3.05) is 13.7 Å². The normalized spacial score (nSPS) is 20.4. The lowest BCUT2D eigenvalue weighted by molar-refractivity contribution is 0.396. The Hall–Kier alpha value is -1.02. The molecule has 1 N–H and O–H groups in total. The maximum Gasteiger partial charge on any atom is 0.123 e. The standard InChI is InChI=1S/C12H17NO/c1-8-4-5-11(14-3)12-9(2)13-7-6-10(8)12/h4-5,9,13H,6-7H2,1-3H3. The van der Waals surface area contributed by atoms with Crippen molar-refractivity contribution < 1.29 is 4.74 Å². The minimum atomic E-state index is 0.411. The number of fused-ring (bicyclic) bond motifs is 1. The van der Waals surface area contributed by atoms with E-state index in [0.29, 0.717) is 6.04 Å². The summed E-state index contributed by atoms with van der Waals surface area (Å²) in [6.07, 6.45) is 1.11. The fraction of sp³-hybridized carbons (Fsp3) is 0.500. The first kappa shape index (κ1) is 9.53. The van der Waals surface area contributed by atoms with Crippen molar-refractivity contribution in [3.8, 4) is 5.75 Å². The highest BCUT2D eigenvalue weighted by Crippen LogP contribution is 2.33. The zero-order valence-corrected chi connectivity index (χ0v) is 9.05. The van der Waals surface area contributed by atoms with Crippen molar-refractivity contribution in [1.29, 1.82) is 0 Å². The summed E-state index contributed by atoms with van der Waals surface area (Å²) in [4.78, 5) is 0. The Kier molecular flexibility index (Phi) is 2.46. The van der Waals surface area contributed by atoms with E-state index < -0.39 is 0 Å². The van der Waals surface area contributed by atoms with Gasteiger partial charge in [-0.05, 0) is 44.0 Å². The fourth-order valence-electron chi connectivity index (χ4n) is 2.25. The monoisotopic (exact) mass is 191 g/mol. The average Bonchev–Trinajstić information content (AvgIpc) is 2.20. The van der Waals surface area contributed by atoms with Crippen LogP contribution in [0.25, 0.3) is 0 Å². The van der Waals surface area contributed by atoms with Gasteiger partial charge in [0.05, 0.1) is 7.11 Å². The van der Waals surface area contributed by atoms with Crippen LogP contribution in [0.2, 0.25) is 0 Å². The Bertz CT molecular complexity index is 346. The largest absolute Gasteiger partial charge is 0.496 e. The topological polar surface area (TPSA) is 21.3 Å². The molecule has 76 valence electrons. The zero-order valence-electron chi connectivity index (χ0n) is 9.05. The number of nitrogens with one attached hydrogen (secondary N) is 1. The van der Waals surface area contributed by atoms with Crippen LogP contribution in [-0.4, -0.2) is 13.7 Å². The maximum atomic E-state index is 5.40. The summed E-state index contributed by atoms with van der Waals surface area (Å²) in [5.74, 6) is 1.02. The van der Waals surface area contributed by atoms with Gasteiger partial charge >= 0.3 is 0 Å². The van der Waals surface area contributed by atoms with Crippen molar-refractivity contribution in [1.82, 2.24) is 5.32 Å². The molecule has 1 heterocycles. The van der Waals surface area contributed by atoms with E-state index in [1.54, 1.807) is 7.11 Å². The average molecular weight is 191 g/mol. The molecule has 2 nitrogen and oxygen atoms in total. The van der Waals surface area contributed by atoms with Crippen LogP contribution in [0.1, 0.15) is 29.7 Å². The smallest absolute Gasteiger partial charge is 0.123 e. The first-order chi connectivity index (χ1) is 6.74. The molecule has 0 aromatic heterocycles. The summed E-state index contributed by atoms with van der Waals surface area (Å²) in [5.41, 5.74) is 4.20. The number of ether oxygens (including phenoxy) is 1. The van der Waals surface area contributed by atoms with Gasteiger partial charge in [-0.25, -0.2) is 0 Å². The van der Waals surface area contributed by atoms with Crippen LogP contribution in [0, 0.1) is 6.92 Å². The van der Waals surface area contributed by atoms with E-state index >= 15 is 0 Å². The van der Waals surface area contributed by atoms with Crippen LogP contribution in [0.5, 0.6) is 5.75 Å². The van der Waals surface area contributed by atoms with E-state index in [-0.39, 0.29) is 0 Å². The van der Waals surface area contributed by atoms with Crippen molar-refractivity contribution in [3.05, 3.63) is 28.8 Å². The molecular weight excluding hydrogens is 174 g/mol. The molecule has 0 fully saturated rings. The molecule has 1 aromatic rings. The molecule has 14 heavy (non-hydrogen) atoms. The fourth-order valence-corrected chi connectivity index (χ4v) is 2.25. The number of aryl methyl sites for hydroxylation is 1. The first-order valence-electron chi connectivity index (χ1n) is 5.13. The molecule has 0 saturated carbocycles. The highest BCUT2D eigenvalue weighted by Gasteiger charge is 2.21. The van der Waals surface area contributed by atoms with Gasteiger partial charge in [0.2, 0.25) is 0 Å². The lowest BCUT2D eigenvalue weighted by Crippen LogP contribution is -2.28.